The van der Waals surface area contributed by atoms with E-state index in [4.69, 9.17) is 11.6 Å². The molecule has 1 aliphatic rings. The monoisotopic (exact) mass is 320 g/mol. The van der Waals surface area contributed by atoms with Gasteiger partial charge in [0.05, 0.1) is 11.1 Å². The quantitative estimate of drug-likeness (QED) is 0.903. The molecule has 110 valence electrons. The van der Waals surface area contributed by atoms with Gasteiger partial charge in [-0.1, -0.05) is 23.7 Å². The van der Waals surface area contributed by atoms with Gasteiger partial charge in [-0.2, -0.15) is 0 Å². The highest BCUT2D eigenvalue weighted by Gasteiger charge is 2.22. The molecule has 2 atom stereocenters. The number of nitrogens with one attached hydrogen (secondary N) is 1. The number of benzene rings is 1. The number of pyridine rings is 1. The highest BCUT2D eigenvalue weighted by Crippen LogP contribution is 2.40. The second-order valence-corrected chi connectivity index (χ2v) is 6.56. The number of rotatable bonds is 4. The molecule has 0 saturated carbocycles. The molecular formula is C16H17ClN2OS. The van der Waals surface area contributed by atoms with Gasteiger partial charge in [-0.05, 0) is 41.5 Å². The van der Waals surface area contributed by atoms with E-state index in [2.05, 4.69) is 16.4 Å². The molecule has 1 aliphatic heterocycles. The van der Waals surface area contributed by atoms with Crippen molar-refractivity contribution in [2.45, 2.75) is 23.5 Å². The third-order valence-electron chi connectivity index (χ3n) is 3.67. The molecule has 0 saturated heterocycles. The molecule has 0 fully saturated rings. The summed E-state index contributed by atoms with van der Waals surface area (Å²) < 4.78 is 0. The maximum absolute atomic E-state index is 10.2. The Kier molecular flexibility index (Phi) is 4.80. The molecule has 2 unspecified atom stereocenters. The van der Waals surface area contributed by atoms with Gasteiger partial charge in [0.1, 0.15) is 0 Å². The second-order valence-electron chi connectivity index (χ2n) is 5.05. The highest BCUT2D eigenvalue weighted by molar-refractivity contribution is 7.99. The lowest BCUT2D eigenvalue weighted by atomic mass is 10.0. The van der Waals surface area contributed by atoms with E-state index in [1.54, 1.807) is 12.4 Å². The Labute approximate surface area is 133 Å². The average Bonchev–Trinajstić information content (AvgIpc) is 2.54. The lowest BCUT2D eigenvalue weighted by Gasteiger charge is -2.27. The maximum Gasteiger partial charge on any atom is 0.0915 e. The van der Waals surface area contributed by atoms with Crippen LogP contribution < -0.4 is 5.32 Å². The predicted molar refractivity (Wildman–Crippen MR) is 86.7 cm³/mol. The number of hydrogen-bond acceptors (Lipinski definition) is 4. The van der Waals surface area contributed by atoms with Crippen LogP contribution in [0.15, 0.2) is 47.6 Å². The molecule has 0 radical (unpaired) electrons. The first-order valence-corrected chi connectivity index (χ1v) is 8.34. The Bertz CT molecular complexity index is 608. The zero-order chi connectivity index (χ0) is 14.7. The van der Waals surface area contributed by atoms with Crippen molar-refractivity contribution in [2.75, 3.05) is 12.3 Å². The van der Waals surface area contributed by atoms with Gasteiger partial charge >= 0.3 is 0 Å². The van der Waals surface area contributed by atoms with Gasteiger partial charge in [-0.3, -0.25) is 4.98 Å². The maximum atomic E-state index is 10.2. The summed E-state index contributed by atoms with van der Waals surface area (Å²) in [6.07, 6.45) is 3.92. The standard InChI is InChI=1S/C16H17ClN2OS/c17-13-3-1-2-12-14(6-9-21-16(12)13)19-10-15(20)11-4-7-18-8-5-11/h1-5,7-8,14-15,19-20H,6,9-10H2. The molecular weight excluding hydrogens is 304 g/mol. The van der Waals surface area contributed by atoms with Gasteiger partial charge in [0.25, 0.3) is 0 Å². The van der Waals surface area contributed by atoms with Crippen LogP contribution >= 0.6 is 23.4 Å². The summed E-state index contributed by atoms with van der Waals surface area (Å²) in [6.45, 7) is 0.519. The van der Waals surface area contributed by atoms with Crippen LogP contribution in [0.2, 0.25) is 5.02 Å². The third kappa shape index (κ3) is 3.40. The normalized spacial score (nSPS) is 19.0. The van der Waals surface area contributed by atoms with Crippen molar-refractivity contribution in [1.82, 2.24) is 10.3 Å². The molecule has 2 aromatic rings. The number of nitrogens with zero attached hydrogens (tertiary/aromatic N) is 1. The van der Waals surface area contributed by atoms with Gasteiger partial charge < -0.3 is 10.4 Å². The summed E-state index contributed by atoms with van der Waals surface area (Å²) in [4.78, 5) is 5.14. The fourth-order valence-corrected chi connectivity index (χ4v) is 4.04. The Hall–Kier alpha value is -1.07. The van der Waals surface area contributed by atoms with Gasteiger partial charge in [-0.25, -0.2) is 0 Å². The second kappa shape index (κ2) is 6.79. The molecule has 1 aromatic heterocycles. The SMILES string of the molecule is OC(CNC1CCSc2c(Cl)cccc21)c1ccncc1. The number of aliphatic hydroxyl groups is 1. The Morgan fingerprint density at radius 3 is 2.95 bits per heavy atom. The van der Waals surface area contributed by atoms with Crippen LogP contribution in [0.5, 0.6) is 0 Å². The first-order valence-electron chi connectivity index (χ1n) is 6.98. The number of aromatic nitrogens is 1. The van der Waals surface area contributed by atoms with Crippen LogP contribution in [-0.4, -0.2) is 22.4 Å². The average molecular weight is 321 g/mol. The molecule has 0 spiro atoms. The molecule has 0 bridgehead atoms. The first kappa shape index (κ1) is 14.9. The third-order valence-corrected chi connectivity index (χ3v) is 5.29. The van der Waals surface area contributed by atoms with E-state index in [1.165, 1.54) is 10.5 Å². The zero-order valence-electron chi connectivity index (χ0n) is 11.5. The van der Waals surface area contributed by atoms with Crippen molar-refractivity contribution in [3.8, 4) is 0 Å². The van der Waals surface area contributed by atoms with E-state index in [0.29, 0.717) is 6.54 Å². The molecule has 2 heterocycles. The lowest BCUT2D eigenvalue weighted by molar-refractivity contribution is 0.169. The van der Waals surface area contributed by atoms with Crippen LogP contribution in [0.3, 0.4) is 0 Å². The van der Waals surface area contributed by atoms with Gasteiger partial charge in [0, 0.05) is 29.9 Å². The number of aliphatic hydroxyl groups excluding tert-OH is 1. The largest absolute Gasteiger partial charge is 0.387 e. The molecule has 3 rings (SSSR count). The lowest BCUT2D eigenvalue weighted by Crippen LogP contribution is -2.28. The Morgan fingerprint density at radius 2 is 2.14 bits per heavy atom. The molecule has 2 N–H and O–H groups in total. The summed E-state index contributed by atoms with van der Waals surface area (Å²) in [5.74, 6) is 1.04. The fraction of sp³-hybridized carbons (Fsp3) is 0.312. The van der Waals surface area contributed by atoms with Crippen LogP contribution in [0, 0.1) is 0 Å². The van der Waals surface area contributed by atoms with E-state index in [-0.39, 0.29) is 6.04 Å². The summed E-state index contributed by atoms with van der Waals surface area (Å²) in [6, 6.07) is 9.96. The minimum Gasteiger partial charge on any atom is -0.387 e. The fourth-order valence-electron chi connectivity index (χ4n) is 2.56. The van der Waals surface area contributed by atoms with Crippen LogP contribution in [0.1, 0.15) is 29.7 Å². The molecule has 0 amide bonds. The molecule has 0 aliphatic carbocycles. The van der Waals surface area contributed by atoms with Crippen LogP contribution in [0.25, 0.3) is 0 Å². The van der Waals surface area contributed by atoms with E-state index < -0.39 is 6.10 Å². The van der Waals surface area contributed by atoms with Crippen LogP contribution in [0.4, 0.5) is 0 Å². The summed E-state index contributed by atoms with van der Waals surface area (Å²) in [5, 5.41) is 14.5. The molecule has 1 aromatic carbocycles. The number of hydrogen-bond donors (Lipinski definition) is 2. The number of halogens is 1. The molecule has 5 heteroatoms. The van der Waals surface area contributed by atoms with Crippen molar-refractivity contribution < 1.29 is 5.11 Å². The van der Waals surface area contributed by atoms with E-state index in [9.17, 15) is 5.11 Å². The number of fused-ring (bicyclic) bond motifs is 1. The minimum atomic E-state index is -0.523. The van der Waals surface area contributed by atoms with Crippen molar-refractivity contribution in [1.29, 1.82) is 0 Å². The smallest absolute Gasteiger partial charge is 0.0915 e. The van der Waals surface area contributed by atoms with Gasteiger partial charge in [0.2, 0.25) is 0 Å². The summed E-state index contributed by atoms with van der Waals surface area (Å²) >= 11 is 8.07. The highest BCUT2D eigenvalue weighted by atomic mass is 35.5. The van der Waals surface area contributed by atoms with E-state index >= 15 is 0 Å². The van der Waals surface area contributed by atoms with Crippen molar-refractivity contribution >= 4 is 23.4 Å². The van der Waals surface area contributed by atoms with Crippen molar-refractivity contribution in [3.05, 3.63) is 58.9 Å². The Balaban J connectivity index is 1.69. The minimum absolute atomic E-state index is 0.247. The van der Waals surface area contributed by atoms with E-state index in [0.717, 1.165) is 22.8 Å². The van der Waals surface area contributed by atoms with Crippen LogP contribution in [-0.2, 0) is 0 Å². The first-order chi connectivity index (χ1) is 10.3. The summed E-state index contributed by atoms with van der Waals surface area (Å²) in [5.41, 5.74) is 2.12. The topological polar surface area (TPSA) is 45.1 Å². The predicted octanol–water partition coefficient (Wildman–Crippen LogP) is 3.60. The molecule has 3 nitrogen and oxygen atoms in total. The van der Waals surface area contributed by atoms with Crippen molar-refractivity contribution in [3.63, 3.8) is 0 Å². The van der Waals surface area contributed by atoms with Crippen molar-refractivity contribution in [2.24, 2.45) is 0 Å². The Morgan fingerprint density at radius 1 is 1.33 bits per heavy atom. The van der Waals surface area contributed by atoms with Gasteiger partial charge in [0.15, 0.2) is 0 Å². The summed E-state index contributed by atoms with van der Waals surface area (Å²) in [7, 11) is 0. The number of thioether (sulfide) groups is 1. The molecule has 21 heavy (non-hydrogen) atoms. The van der Waals surface area contributed by atoms with E-state index in [1.807, 2.05) is 36.0 Å². The van der Waals surface area contributed by atoms with Gasteiger partial charge in [-0.15, -0.1) is 11.8 Å². The zero-order valence-corrected chi connectivity index (χ0v) is 13.1.